The van der Waals surface area contributed by atoms with Crippen LogP contribution in [0.25, 0.3) is 10.9 Å². The highest BCUT2D eigenvalue weighted by atomic mass is 19.1. The third kappa shape index (κ3) is 3.06. The van der Waals surface area contributed by atoms with Crippen molar-refractivity contribution in [2.45, 2.75) is 44.3 Å². The Kier molecular flexibility index (Phi) is 4.17. The van der Waals surface area contributed by atoms with Crippen LogP contribution in [-0.4, -0.2) is 29.0 Å². The summed E-state index contributed by atoms with van der Waals surface area (Å²) in [5.41, 5.74) is 7.83. The van der Waals surface area contributed by atoms with E-state index in [1.54, 1.807) is 24.4 Å². The summed E-state index contributed by atoms with van der Waals surface area (Å²) in [4.78, 5) is 6.72. The monoisotopic (exact) mass is 287 g/mol. The number of halogens is 1. The standard InChI is InChI=1S/C17H22FN3/c1-21(14-7-5-13(19)6-8-14)11-12-4-9-16(18)15-3-2-10-20-17(12)15/h2-4,9-10,13-14H,5-8,11,19H2,1H3. The van der Waals surface area contributed by atoms with Crippen molar-refractivity contribution in [2.75, 3.05) is 7.05 Å². The second-order valence-electron chi connectivity index (χ2n) is 6.09. The van der Waals surface area contributed by atoms with Gasteiger partial charge in [0.2, 0.25) is 0 Å². The lowest BCUT2D eigenvalue weighted by molar-refractivity contribution is 0.176. The Balaban J connectivity index is 1.80. The Morgan fingerprint density at radius 1 is 1.24 bits per heavy atom. The molecule has 3 rings (SSSR count). The zero-order valence-electron chi connectivity index (χ0n) is 12.4. The summed E-state index contributed by atoms with van der Waals surface area (Å²) < 4.78 is 13.8. The van der Waals surface area contributed by atoms with E-state index in [0.717, 1.165) is 43.3 Å². The maximum absolute atomic E-state index is 13.8. The number of pyridine rings is 1. The fraction of sp³-hybridized carbons (Fsp3) is 0.471. The average molecular weight is 287 g/mol. The van der Waals surface area contributed by atoms with Gasteiger partial charge in [0.1, 0.15) is 5.82 Å². The third-order valence-corrected chi connectivity index (χ3v) is 4.58. The minimum absolute atomic E-state index is 0.201. The summed E-state index contributed by atoms with van der Waals surface area (Å²) in [6.07, 6.45) is 6.20. The fourth-order valence-corrected chi connectivity index (χ4v) is 3.26. The van der Waals surface area contributed by atoms with E-state index >= 15 is 0 Å². The van der Waals surface area contributed by atoms with E-state index in [2.05, 4.69) is 16.9 Å². The van der Waals surface area contributed by atoms with E-state index in [0.29, 0.717) is 17.5 Å². The van der Waals surface area contributed by atoms with Gasteiger partial charge in [-0.2, -0.15) is 0 Å². The highest BCUT2D eigenvalue weighted by Gasteiger charge is 2.22. The maximum Gasteiger partial charge on any atom is 0.132 e. The molecule has 1 heterocycles. The number of fused-ring (bicyclic) bond motifs is 1. The molecule has 0 aliphatic heterocycles. The van der Waals surface area contributed by atoms with Crippen LogP contribution in [0.1, 0.15) is 31.2 Å². The zero-order valence-corrected chi connectivity index (χ0v) is 12.4. The molecular formula is C17H22FN3. The molecule has 0 amide bonds. The molecule has 1 saturated carbocycles. The summed E-state index contributed by atoms with van der Waals surface area (Å²) in [5, 5.41) is 0.606. The van der Waals surface area contributed by atoms with Crippen LogP contribution in [0.5, 0.6) is 0 Å². The second-order valence-corrected chi connectivity index (χ2v) is 6.09. The first-order valence-corrected chi connectivity index (χ1v) is 7.63. The van der Waals surface area contributed by atoms with Crippen LogP contribution < -0.4 is 5.73 Å². The molecule has 3 nitrogen and oxygen atoms in total. The quantitative estimate of drug-likeness (QED) is 0.943. The molecule has 2 N–H and O–H groups in total. The van der Waals surface area contributed by atoms with Crippen molar-refractivity contribution in [3.8, 4) is 0 Å². The molecule has 1 aromatic carbocycles. The number of hydrogen-bond acceptors (Lipinski definition) is 3. The molecule has 0 bridgehead atoms. The molecule has 112 valence electrons. The number of rotatable bonds is 3. The van der Waals surface area contributed by atoms with Crippen LogP contribution in [0.3, 0.4) is 0 Å². The van der Waals surface area contributed by atoms with E-state index in [4.69, 9.17) is 5.73 Å². The molecule has 1 aliphatic rings. The van der Waals surface area contributed by atoms with Crippen molar-refractivity contribution >= 4 is 10.9 Å². The Bertz CT molecular complexity index is 620. The molecule has 21 heavy (non-hydrogen) atoms. The molecule has 1 fully saturated rings. The highest BCUT2D eigenvalue weighted by molar-refractivity contribution is 5.82. The molecule has 0 radical (unpaired) electrons. The first-order chi connectivity index (χ1) is 10.1. The molecule has 1 aliphatic carbocycles. The van der Waals surface area contributed by atoms with Gasteiger partial charge in [-0.25, -0.2) is 4.39 Å². The van der Waals surface area contributed by atoms with Crippen LogP contribution in [-0.2, 0) is 6.54 Å². The van der Waals surface area contributed by atoms with Crippen molar-refractivity contribution in [1.82, 2.24) is 9.88 Å². The normalized spacial score (nSPS) is 22.9. The molecule has 0 atom stereocenters. The predicted molar refractivity (Wildman–Crippen MR) is 83.4 cm³/mol. The third-order valence-electron chi connectivity index (χ3n) is 4.58. The summed E-state index contributed by atoms with van der Waals surface area (Å²) in [6.45, 7) is 0.799. The SMILES string of the molecule is CN(Cc1ccc(F)c2cccnc12)C1CCC(N)CC1. The summed E-state index contributed by atoms with van der Waals surface area (Å²) in [6, 6.07) is 7.90. The number of aromatic nitrogens is 1. The topological polar surface area (TPSA) is 42.2 Å². The Labute approximate surface area is 125 Å². The van der Waals surface area contributed by atoms with Gasteiger partial charge in [-0.3, -0.25) is 9.88 Å². The van der Waals surface area contributed by atoms with Crippen LogP contribution in [0.15, 0.2) is 30.5 Å². The van der Waals surface area contributed by atoms with Crippen LogP contribution in [0.4, 0.5) is 4.39 Å². The van der Waals surface area contributed by atoms with Gasteiger partial charge in [0, 0.05) is 30.2 Å². The summed E-state index contributed by atoms with van der Waals surface area (Å²) in [7, 11) is 2.14. The van der Waals surface area contributed by atoms with Crippen LogP contribution in [0.2, 0.25) is 0 Å². The van der Waals surface area contributed by atoms with Crippen molar-refractivity contribution < 1.29 is 4.39 Å². The van der Waals surface area contributed by atoms with Gasteiger partial charge in [0.05, 0.1) is 5.52 Å². The van der Waals surface area contributed by atoms with E-state index in [9.17, 15) is 4.39 Å². The number of nitrogens with two attached hydrogens (primary N) is 1. The summed E-state index contributed by atoms with van der Waals surface area (Å²) in [5.74, 6) is -0.201. The first kappa shape index (κ1) is 14.4. The minimum Gasteiger partial charge on any atom is -0.328 e. The molecular weight excluding hydrogens is 265 g/mol. The van der Waals surface area contributed by atoms with E-state index in [-0.39, 0.29) is 5.82 Å². The summed E-state index contributed by atoms with van der Waals surface area (Å²) >= 11 is 0. The van der Waals surface area contributed by atoms with Gasteiger partial charge in [-0.15, -0.1) is 0 Å². The minimum atomic E-state index is -0.201. The van der Waals surface area contributed by atoms with E-state index in [1.807, 2.05) is 6.07 Å². The van der Waals surface area contributed by atoms with Crippen molar-refractivity contribution in [2.24, 2.45) is 5.73 Å². The van der Waals surface area contributed by atoms with Gasteiger partial charge >= 0.3 is 0 Å². The van der Waals surface area contributed by atoms with E-state index in [1.165, 1.54) is 0 Å². The van der Waals surface area contributed by atoms with Gasteiger partial charge in [0.25, 0.3) is 0 Å². The highest BCUT2D eigenvalue weighted by Crippen LogP contribution is 2.25. The molecule has 0 unspecified atom stereocenters. The van der Waals surface area contributed by atoms with Crippen molar-refractivity contribution in [3.05, 3.63) is 41.8 Å². The van der Waals surface area contributed by atoms with Gasteiger partial charge in [-0.05, 0) is 56.5 Å². The lowest BCUT2D eigenvalue weighted by Crippen LogP contribution is -2.38. The molecule has 2 aromatic rings. The number of nitrogens with zero attached hydrogens (tertiary/aromatic N) is 2. The van der Waals surface area contributed by atoms with E-state index < -0.39 is 0 Å². The predicted octanol–water partition coefficient (Wildman–Crippen LogP) is 3.08. The van der Waals surface area contributed by atoms with Crippen LogP contribution >= 0.6 is 0 Å². The number of benzene rings is 1. The van der Waals surface area contributed by atoms with Gasteiger partial charge < -0.3 is 5.73 Å². The molecule has 1 aromatic heterocycles. The van der Waals surface area contributed by atoms with Crippen LogP contribution in [0, 0.1) is 5.82 Å². The Hall–Kier alpha value is -1.52. The maximum atomic E-state index is 13.8. The Morgan fingerprint density at radius 2 is 2.00 bits per heavy atom. The lowest BCUT2D eigenvalue weighted by Gasteiger charge is -2.33. The van der Waals surface area contributed by atoms with Gasteiger partial charge in [0.15, 0.2) is 0 Å². The van der Waals surface area contributed by atoms with Crippen molar-refractivity contribution in [1.29, 1.82) is 0 Å². The van der Waals surface area contributed by atoms with Crippen molar-refractivity contribution in [3.63, 3.8) is 0 Å². The average Bonchev–Trinajstić information content (AvgIpc) is 2.51. The molecule has 0 spiro atoms. The second kappa shape index (κ2) is 6.08. The number of hydrogen-bond donors (Lipinski definition) is 1. The lowest BCUT2D eigenvalue weighted by atomic mass is 9.91. The molecule has 0 saturated heterocycles. The Morgan fingerprint density at radius 3 is 2.76 bits per heavy atom. The zero-order chi connectivity index (χ0) is 14.8. The smallest absolute Gasteiger partial charge is 0.132 e. The first-order valence-electron chi connectivity index (χ1n) is 7.63. The fourth-order valence-electron chi connectivity index (χ4n) is 3.26. The van der Waals surface area contributed by atoms with Gasteiger partial charge in [-0.1, -0.05) is 6.07 Å². The largest absolute Gasteiger partial charge is 0.328 e. The molecule has 4 heteroatoms.